The van der Waals surface area contributed by atoms with Crippen molar-refractivity contribution in [2.24, 2.45) is 5.92 Å². The van der Waals surface area contributed by atoms with E-state index in [9.17, 15) is 0 Å². The van der Waals surface area contributed by atoms with E-state index in [0.29, 0.717) is 0 Å². The maximum atomic E-state index is 4.19. The fourth-order valence-corrected chi connectivity index (χ4v) is 2.33. The van der Waals surface area contributed by atoms with Gasteiger partial charge in [-0.1, -0.05) is 43.5 Å². The predicted octanol–water partition coefficient (Wildman–Crippen LogP) is 3.23. The van der Waals surface area contributed by atoms with Crippen LogP contribution in [0.3, 0.4) is 0 Å². The molecule has 2 aromatic rings. The molecule has 1 aliphatic rings. The van der Waals surface area contributed by atoms with E-state index in [1.807, 2.05) is 18.3 Å². The Bertz CT molecular complexity index is 500. The molecule has 0 amide bonds. The van der Waals surface area contributed by atoms with Crippen LogP contribution in [-0.4, -0.2) is 16.7 Å². The number of rotatable bonds is 4. The molecule has 3 heteroatoms. The Morgan fingerprint density at radius 1 is 1.24 bits per heavy atom. The van der Waals surface area contributed by atoms with Crippen LogP contribution in [0.4, 0.5) is 5.82 Å². The molecule has 0 radical (unpaired) electrons. The summed E-state index contributed by atoms with van der Waals surface area (Å²) in [5.41, 5.74) is 0. The predicted molar refractivity (Wildman–Crippen MR) is 70.0 cm³/mol. The maximum absolute atomic E-state index is 4.19. The zero-order chi connectivity index (χ0) is 11.5. The third-order valence-corrected chi connectivity index (χ3v) is 3.64. The first-order chi connectivity index (χ1) is 8.43. The SMILES string of the molecule is c1ccc2c(NCCC3CCC3)nncc2c1. The van der Waals surface area contributed by atoms with Gasteiger partial charge in [-0.25, -0.2) is 0 Å². The molecule has 0 spiro atoms. The Hall–Kier alpha value is -1.64. The molecule has 0 unspecified atom stereocenters. The zero-order valence-corrected chi connectivity index (χ0v) is 9.89. The molecule has 3 nitrogen and oxygen atoms in total. The molecule has 1 N–H and O–H groups in total. The van der Waals surface area contributed by atoms with Crippen LogP contribution in [0.15, 0.2) is 30.5 Å². The number of fused-ring (bicyclic) bond motifs is 1. The van der Waals surface area contributed by atoms with Gasteiger partial charge in [0, 0.05) is 17.3 Å². The Morgan fingerprint density at radius 2 is 2.12 bits per heavy atom. The van der Waals surface area contributed by atoms with Gasteiger partial charge in [0.05, 0.1) is 6.20 Å². The summed E-state index contributed by atoms with van der Waals surface area (Å²) in [7, 11) is 0. The number of anilines is 1. The lowest BCUT2D eigenvalue weighted by atomic mass is 9.83. The maximum Gasteiger partial charge on any atom is 0.156 e. The Morgan fingerprint density at radius 3 is 2.94 bits per heavy atom. The third kappa shape index (κ3) is 2.23. The lowest BCUT2D eigenvalue weighted by Gasteiger charge is -2.25. The fraction of sp³-hybridized carbons (Fsp3) is 0.429. The number of nitrogens with one attached hydrogen (secondary N) is 1. The first kappa shape index (κ1) is 10.5. The highest BCUT2D eigenvalue weighted by Gasteiger charge is 2.16. The van der Waals surface area contributed by atoms with Gasteiger partial charge in [-0.15, -0.1) is 5.10 Å². The van der Waals surface area contributed by atoms with E-state index in [1.54, 1.807) is 0 Å². The van der Waals surface area contributed by atoms with Gasteiger partial charge < -0.3 is 5.32 Å². The van der Waals surface area contributed by atoms with Crippen LogP contribution in [0.1, 0.15) is 25.7 Å². The van der Waals surface area contributed by atoms with Gasteiger partial charge in [0.2, 0.25) is 0 Å². The second kappa shape index (κ2) is 4.70. The van der Waals surface area contributed by atoms with Gasteiger partial charge in [0.25, 0.3) is 0 Å². The van der Waals surface area contributed by atoms with Crippen LogP contribution in [0, 0.1) is 5.92 Å². The molecule has 1 aliphatic carbocycles. The number of nitrogens with zero attached hydrogens (tertiary/aromatic N) is 2. The largest absolute Gasteiger partial charge is 0.368 e. The molecule has 0 aliphatic heterocycles. The molecule has 1 fully saturated rings. The summed E-state index contributed by atoms with van der Waals surface area (Å²) in [6, 6.07) is 8.24. The number of hydrogen-bond acceptors (Lipinski definition) is 3. The Balaban J connectivity index is 1.71. The van der Waals surface area contributed by atoms with Gasteiger partial charge in [-0.2, -0.15) is 5.10 Å². The summed E-state index contributed by atoms with van der Waals surface area (Å²) in [5.74, 6) is 1.85. The molecule has 17 heavy (non-hydrogen) atoms. The molecule has 3 rings (SSSR count). The minimum Gasteiger partial charge on any atom is -0.368 e. The summed E-state index contributed by atoms with van der Waals surface area (Å²) >= 11 is 0. The minimum atomic E-state index is 0.919. The van der Waals surface area contributed by atoms with Crippen LogP contribution in [0.5, 0.6) is 0 Å². The first-order valence-corrected chi connectivity index (χ1v) is 6.38. The van der Waals surface area contributed by atoms with Gasteiger partial charge in [0.1, 0.15) is 0 Å². The number of hydrogen-bond donors (Lipinski definition) is 1. The van der Waals surface area contributed by atoms with Gasteiger partial charge in [0.15, 0.2) is 5.82 Å². The molecular weight excluding hydrogens is 210 g/mol. The van der Waals surface area contributed by atoms with Crippen molar-refractivity contribution in [1.82, 2.24) is 10.2 Å². The molecule has 1 aromatic heterocycles. The zero-order valence-electron chi connectivity index (χ0n) is 9.89. The van der Waals surface area contributed by atoms with Crippen molar-refractivity contribution in [3.63, 3.8) is 0 Å². The van der Waals surface area contributed by atoms with Gasteiger partial charge in [-0.05, 0) is 12.3 Å². The molecule has 0 bridgehead atoms. The third-order valence-electron chi connectivity index (χ3n) is 3.64. The van der Waals surface area contributed by atoms with Crippen molar-refractivity contribution in [3.8, 4) is 0 Å². The molecule has 1 saturated carbocycles. The van der Waals surface area contributed by atoms with Crippen LogP contribution < -0.4 is 5.32 Å². The van der Waals surface area contributed by atoms with Crippen molar-refractivity contribution >= 4 is 16.6 Å². The van der Waals surface area contributed by atoms with Crippen LogP contribution >= 0.6 is 0 Å². The highest BCUT2D eigenvalue weighted by Crippen LogP contribution is 2.29. The summed E-state index contributed by atoms with van der Waals surface area (Å²) in [6.45, 7) is 1.01. The lowest BCUT2D eigenvalue weighted by molar-refractivity contribution is 0.303. The van der Waals surface area contributed by atoms with E-state index in [0.717, 1.165) is 29.1 Å². The van der Waals surface area contributed by atoms with Crippen molar-refractivity contribution in [2.75, 3.05) is 11.9 Å². The quantitative estimate of drug-likeness (QED) is 0.871. The molecule has 1 aromatic carbocycles. The van der Waals surface area contributed by atoms with Crippen molar-refractivity contribution in [2.45, 2.75) is 25.7 Å². The topological polar surface area (TPSA) is 37.8 Å². The van der Waals surface area contributed by atoms with Crippen LogP contribution in [-0.2, 0) is 0 Å². The van der Waals surface area contributed by atoms with Crippen LogP contribution in [0.25, 0.3) is 10.8 Å². The van der Waals surface area contributed by atoms with E-state index in [2.05, 4.69) is 27.6 Å². The van der Waals surface area contributed by atoms with Gasteiger partial charge in [-0.3, -0.25) is 0 Å². The van der Waals surface area contributed by atoms with E-state index in [1.165, 1.54) is 25.7 Å². The first-order valence-electron chi connectivity index (χ1n) is 6.38. The van der Waals surface area contributed by atoms with E-state index in [-0.39, 0.29) is 0 Å². The second-order valence-corrected chi connectivity index (χ2v) is 4.79. The second-order valence-electron chi connectivity index (χ2n) is 4.79. The van der Waals surface area contributed by atoms with Gasteiger partial charge >= 0.3 is 0 Å². The van der Waals surface area contributed by atoms with E-state index < -0.39 is 0 Å². The summed E-state index contributed by atoms with van der Waals surface area (Å²) in [5, 5.41) is 13.9. The van der Waals surface area contributed by atoms with Crippen LogP contribution in [0.2, 0.25) is 0 Å². The average Bonchev–Trinajstić information content (AvgIpc) is 2.32. The summed E-state index contributed by atoms with van der Waals surface area (Å²) in [6.07, 6.45) is 7.29. The van der Waals surface area contributed by atoms with E-state index >= 15 is 0 Å². The van der Waals surface area contributed by atoms with Crippen molar-refractivity contribution in [3.05, 3.63) is 30.5 Å². The fourth-order valence-electron chi connectivity index (χ4n) is 2.33. The molecular formula is C14H17N3. The minimum absolute atomic E-state index is 0.919. The molecule has 1 heterocycles. The Kier molecular flexibility index (Phi) is 2.90. The standard InChI is InChI=1S/C14H17N3/c1-2-7-13-12(6-1)10-16-17-14(13)15-9-8-11-4-3-5-11/h1-2,6-7,10-11H,3-5,8-9H2,(H,15,17). The monoisotopic (exact) mass is 227 g/mol. The summed E-state index contributed by atoms with van der Waals surface area (Å²) < 4.78 is 0. The highest BCUT2D eigenvalue weighted by molar-refractivity contribution is 5.90. The lowest BCUT2D eigenvalue weighted by Crippen LogP contribution is -2.16. The number of aromatic nitrogens is 2. The normalized spacial score (nSPS) is 15.8. The molecule has 0 saturated heterocycles. The molecule has 88 valence electrons. The van der Waals surface area contributed by atoms with Crippen molar-refractivity contribution < 1.29 is 0 Å². The molecule has 0 atom stereocenters. The Labute approximate surface area is 101 Å². The highest BCUT2D eigenvalue weighted by atomic mass is 15.2. The van der Waals surface area contributed by atoms with E-state index in [4.69, 9.17) is 0 Å². The van der Waals surface area contributed by atoms with Crippen molar-refractivity contribution in [1.29, 1.82) is 0 Å². The smallest absolute Gasteiger partial charge is 0.156 e. The number of benzene rings is 1. The average molecular weight is 227 g/mol. The summed E-state index contributed by atoms with van der Waals surface area (Å²) in [4.78, 5) is 0.